The predicted molar refractivity (Wildman–Crippen MR) is 68.2 cm³/mol. The zero-order valence-electron chi connectivity index (χ0n) is 8.72. The molecule has 1 aromatic heterocycles. The molecule has 0 aliphatic carbocycles. The summed E-state index contributed by atoms with van der Waals surface area (Å²) in [5, 5.41) is 9.42. The largest absolute Gasteiger partial charge is 0.506 e. The number of anilines is 1. The van der Waals surface area contributed by atoms with Gasteiger partial charge < -0.3 is 5.11 Å². The lowest BCUT2D eigenvalue weighted by Gasteiger charge is -2.07. The lowest BCUT2D eigenvalue weighted by Crippen LogP contribution is -2.11. The molecule has 0 fully saturated rings. The van der Waals surface area contributed by atoms with Crippen molar-refractivity contribution in [2.75, 3.05) is 4.72 Å². The Hall–Kier alpha value is -1.31. The van der Waals surface area contributed by atoms with Crippen LogP contribution in [0.2, 0.25) is 4.34 Å². The summed E-state index contributed by atoms with van der Waals surface area (Å²) in [7, 11) is -3.83. The fraction of sp³-hybridized carbons (Fsp3) is 0. The summed E-state index contributed by atoms with van der Waals surface area (Å²) >= 11 is 6.53. The van der Waals surface area contributed by atoms with E-state index in [0.29, 0.717) is 4.34 Å². The highest BCUT2D eigenvalue weighted by Gasteiger charge is 2.18. The molecule has 2 N–H and O–H groups in total. The lowest BCUT2D eigenvalue weighted by atomic mass is 10.3. The topological polar surface area (TPSA) is 66.4 Å². The van der Waals surface area contributed by atoms with Crippen LogP contribution < -0.4 is 4.72 Å². The Labute approximate surface area is 112 Å². The van der Waals surface area contributed by atoms with Crippen molar-refractivity contribution < 1.29 is 17.9 Å². The number of benzene rings is 1. The molecule has 2 rings (SSSR count). The summed E-state index contributed by atoms with van der Waals surface area (Å²) in [6, 6.07) is 5.79. The smallest absolute Gasteiger partial charge is 0.271 e. The van der Waals surface area contributed by atoms with Crippen molar-refractivity contribution in [2.45, 2.75) is 4.21 Å². The Morgan fingerprint density at radius 3 is 2.56 bits per heavy atom. The quantitative estimate of drug-likeness (QED) is 0.857. The maximum atomic E-state index is 12.8. The normalized spacial score (nSPS) is 11.4. The lowest BCUT2D eigenvalue weighted by molar-refractivity contribution is 0.471. The maximum absolute atomic E-state index is 12.8. The minimum atomic E-state index is -3.83. The minimum absolute atomic E-state index is 0.0104. The van der Waals surface area contributed by atoms with Gasteiger partial charge in [0.15, 0.2) is 0 Å². The number of halogens is 2. The van der Waals surface area contributed by atoms with Crippen LogP contribution in [0.3, 0.4) is 0 Å². The third-order valence-electron chi connectivity index (χ3n) is 2.02. The Kier molecular flexibility index (Phi) is 3.47. The van der Waals surface area contributed by atoms with Crippen molar-refractivity contribution >= 4 is 38.6 Å². The molecule has 0 spiro atoms. The first-order valence-corrected chi connectivity index (χ1v) is 7.33. The third kappa shape index (κ3) is 2.74. The molecule has 0 radical (unpaired) electrons. The molecule has 0 atom stereocenters. The van der Waals surface area contributed by atoms with E-state index in [1.54, 1.807) is 0 Å². The molecule has 0 saturated heterocycles. The van der Waals surface area contributed by atoms with Gasteiger partial charge in [0.05, 0.1) is 10.0 Å². The number of thiophene rings is 1. The Bertz CT molecular complexity index is 684. The van der Waals surface area contributed by atoms with Crippen molar-refractivity contribution in [3.8, 4) is 5.75 Å². The first-order valence-electron chi connectivity index (χ1n) is 4.65. The predicted octanol–water partition coefficient (Wildman–Crippen LogP) is 3.05. The van der Waals surface area contributed by atoms with Gasteiger partial charge in [-0.3, -0.25) is 4.72 Å². The molecule has 2 aromatic rings. The van der Waals surface area contributed by atoms with Gasteiger partial charge in [0.25, 0.3) is 10.0 Å². The van der Waals surface area contributed by atoms with Crippen LogP contribution in [0.4, 0.5) is 10.1 Å². The molecule has 0 amide bonds. The molecule has 1 heterocycles. The van der Waals surface area contributed by atoms with E-state index in [1.807, 2.05) is 0 Å². The van der Waals surface area contributed by atoms with Crippen LogP contribution >= 0.6 is 22.9 Å². The van der Waals surface area contributed by atoms with E-state index in [2.05, 4.69) is 4.72 Å². The number of aromatic hydroxyl groups is 1. The number of nitrogens with one attached hydrogen (secondary N) is 1. The molecule has 0 unspecified atom stereocenters. The summed E-state index contributed by atoms with van der Waals surface area (Å²) in [4.78, 5) is 0. The molecule has 0 bridgehead atoms. The zero-order chi connectivity index (χ0) is 13.3. The fourth-order valence-electron chi connectivity index (χ4n) is 1.23. The van der Waals surface area contributed by atoms with E-state index in [0.717, 1.165) is 29.5 Å². The van der Waals surface area contributed by atoms with Gasteiger partial charge in [0, 0.05) is 6.07 Å². The van der Waals surface area contributed by atoms with Gasteiger partial charge in [-0.2, -0.15) is 0 Å². The Morgan fingerprint density at radius 2 is 2.00 bits per heavy atom. The number of rotatable bonds is 3. The van der Waals surface area contributed by atoms with E-state index in [-0.39, 0.29) is 9.90 Å². The second-order valence-electron chi connectivity index (χ2n) is 3.33. The van der Waals surface area contributed by atoms with Crippen molar-refractivity contribution in [2.24, 2.45) is 0 Å². The van der Waals surface area contributed by atoms with Gasteiger partial charge in [0.1, 0.15) is 15.8 Å². The number of phenols is 1. The van der Waals surface area contributed by atoms with E-state index in [4.69, 9.17) is 11.6 Å². The highest BCUT2D eigenvalue weighted by atomic mass is 35.5. The van der Waals surface area contributed by atoms with Gasteiger partial charge in [0.2, 0.25) is 0 Å². The molecule has 0 aliphatic heterocycles. The highest BCUT2D eigenvalue weighted by Crippen LogP contribution is 2.30. The van der Waals surface area contributed by atoms with Crippen molar-refractivity contribution in [1.29, 1.82) is 0 Å². The van der Waals surface area contributed by atoms with E-state index < -0.39 is 21.6 Å². The minimum Gasteiger partial charge on any atom is -0.506 e. The number of hydrogen-bond acceptors (Lipinski definition) is 4. The molecule has 1 aromatic carbocycles. The number of sulfonamides is 1. The second-order valence-corrected chi connectivity index (χ2v) is 6.95. The average Bonchev–Trinajstić information content (AvgIpc) is 2.70. The van der Waals surface area contributed by atoms with Gasteiger partial charge in [-0.05, 0) is 24.3 Å². The Balaban J connectivity index is 2.33. The van der Waals surface area contributed by atoms with Crippen LogP contribution in [0.15, 0.2) is 34.5 Å². The first-order chi connectivity index (χ1) is 8.38. The van der Waals surface area contributed by atoms with Gasteiger partial charge in [-0.25, -0.2) is 12.8 Å². The van der Waals surface area contributed by atoms with Crippen molar-refractivity contribution in [3.05, 3.63) is 40.5 Å². The fourth-order valence-corrected chi connectivity index (χ4v) is 3.79. The van der Waals surface area contributed by atoms with Crippen molar-refractivity contribution in [1.82, 2.24) is 0 Å². The Morgan fingerprint density at radius 1 is 1.28 bits per heavy atom. The van der Waals surface area contributed by atoms with Crippen LogP contribution in [0.5, 0.6) is 5.75 Å². The first kappa shape index (κ1) is 13.1. The standard InChI is InChI=1S/C10H7ClFNO3S2/c11-9-3-4-10(17-9)18(15,16)13-7-2-1-6(12)5-8(7)14/h1-5,13-14H. The monoisotopic (exact) mass is 307 g/mol. The van der Waals surface area contributed by atoms with Crippen LogP contribution in [-0.2, 0) is 10.0 Å². The van der Waals surface area contributed by atoms with E-state index in [9.17, 15) is 17.9 Å². The molecule has 0 saturated carbocycles. The summed E-state index contributed by atoms with van der Waals surface area (Å²) in [6.07, 6.45) is 0. The summed E-state index contributed by atoms with van der Waals surface area (Å²) < 4.78 is 39.0. The molecular weight excluding hydrogens is 301 g/mol. The second kappa shape index (κ2) is 4.75. The van der Waals surface area contributed by atoms with Crippen LogP contribution in [0.1, 0.15) is 0 Å². The highest BCUT2D eigenvalue weighted by molar-refractivity contribution is 7.94. The molecule has 96 valence electrons. The summed E-state index contributed by atoms with van der Waals surface area (Å²) in [6.45, 7) is 0. The third-order valence-corrected chi connectivity index (χ3v) is 5.11. The zero-order valence-corrected chi connectivity index (χ0v) is 11.1. The van der Waals surface area contributed by atoms with E-state index >= 15 is 0 Å². The van der Waals surface area contributed by atoms with Gasteiger partial charge in [-0.15, -0.1) is 11.3 Å². The van der Waals surface area contributed by atoms with Crippen LogP contribution in [0, 0.1) is 5.82 Å². The molecular formula is C10H7ClFNO3S2. The number of hydrogen-bond donors (Lipinski definition) is 2. The van der Waals surface area contributed by atoms with Gasteiger partial charge in [-0.1, -0.05) is 11.6 Å². The molecule has 8 heteroatoms. The van der Waals surface area contributed by atoms with Crippen LogP contribution in [-0.4, -0.2) is 13.5 Å². The van der Waals surface area contributed by atoms with E-state index in [1.165, 1.54) is 12.1 Å². The SMILES string of the molecule is O=S(=O)(Nc1ccc(F)cc1O)c1ccc(Cl)s1. The van der Waals surface area contributed by atoms with Gasteiger partial charge >= 0.3 is 0 Å². The summed E-state index contributed by atoms with van der Waals surface area (Å²) in [5.41, 5.74) is -0.0964. The molecule has 4 nitrogen and oxygen atoms in total. The van der Waals surface area contributed by atoms with Crippen molar-refractivity contribution in [3.63, 3.8) is 0 Å². The van der Waals surface area contributed by atoms with Crippen LogP contribution in [0.25, 0.3) is 0 Å². The average molecular weight is 308 g/mol. The maximum Gasteiger partial charge on any atom is 0.271 e. The molecule has 18 heavy (non-hydrogen) atoms. The number of phenolic OH excluding ortho intramolecular Hbond substituents is 1. The molecule has 0 aliphatic rings. The summed E-state index contributed by atoms with van der Waals surface area (Å²) in [5.74, 6) is -1.14.